The van der Waals surface area contributed by atoms with E-state index in [4.69, 9.17) is 0 Å². The molecular weight excluding hydrogens is 665 g/mol. The molecule has 0 radical (unpaired) electrons. The van der Waals surface area contributed by atoms with Crippen LogP contribution in [0.2, 0.25) is 0 Å². The molecule has 2 aromatic heterocycles. The molecule has 1 amide bonds. The molecule has 10 heteroatoms. The summed E-state index contributed by atoms with van der Waals surface area (Å²) in [6.45, 7) is 12.3. The van der Waals surface area contributed by atoms with Gasteiger partial charge in [0.05, 0.1) is 11.2 Å². The SMILES string of the molecule is CC1(O)CN(Cc2cnc(C=O)cc2C2CC2)C1.CNc1cccc(-c2cccc(NC(=O)c3cc(C4CC4)c(CN4CC(C)(O)C4)cn3)c2C)c1C. The number of hydrogen-bond donors (Lipinski definition) is 4. The second-order valence-corrected chi connectivity index (χ2v) is 16.2. The lowest BCUT2D eigenvalue weighted by Gasteiger charge is -2.44. The fourth-order valence-electron chi connectivity index (χ4n) is 8.00. The normalized spacial score (nSPS) is 18.9. The first-order chi connectivity index (χ1) is 25.3. The molecule has 2 saturated carbocycles. The summed E-state index contributed by atoms with van der Waals surface area (Å²) in [7, 11) is 1.93. The fraction of sp³-hybridized carbons (Fsp3) is 0.442. The zero-order chi connectivity index (χ0) is 37.5. The number of anilines is 2. The number of β-amino-alcohol motifs (C(OH)–C–C–N with tert-alkyl or cyclic N) is 2. The van der Waals surface area contributed by atoms with Crippen LogP contribution in [0.4, 0.5) is 11.4 Å². The van der Waals surface area contributed by atoms with E-state index in [0.29, 0.717) is 49.4 Å². The topological polar surface area (TPSA) is 131 Å². The number of rotatable bonds is 11. The minimum atomic E-state index is -0.591. The molecule has 4 N–H and O–H groups in total. The number of carbonyl (C=O) groups is 2. The third-order valence-corrected chi connectivity index (χ3v) is 11.0. The van der Waals surface area contributed by atoms with Gasteiger partial charge in [0, 0.05) is 70.1 Å². The summed E-state index contributed by atoms with van der Waals surface area (Å²) in [5, 5.41) is 26.1. The maximum Gasteiger partial charge on any atom is 0.274 e. The van der Waals surface area contributed by atoms with Crippen LogP contribution in [-0.2, 0) is 13.1 Å². The van der Waals surface area contributed by atoms with E-state index >= 15 is 0 Å². The number of amides is 1. The molecule has 4 fully saturated rings. The molecule has 0 atom stereocenters. The van der Waals surface area contributed by atoms with Crippen molar-refractivity contribution < 1.29 is 19.8 Å². The van der Waals surface area contributed by atoms with Gasteiger partial charge in [-0.25, -0.2) is 0 Å². The number of benzene rings is 2. The van der Waals surface area contributed by atoms with Gasteiger partial charge in [-0.1, -0.05) is 24.3 Å². The molecule has 8 rings (SSSR count). The highest BCUT2D eigenvalue weighted by Crippen LogP contribution is 2.43. The highest BCUT2D eigenvalue weighted by molar-refractivity contribution is 6.04. The second-order valence-electron chi connectivity index (χ2n) is 16.2. The number of nitrogens with one attached hydrogen (secondary N) is 2. The van der Waals surface area contributed by atoms with Crippen molar-refractivity contribution in [2.45, 2.75) is 89.5 Å². The Hall–Kier alpha value is -4.48. The van der Waals surface area contributed by atoms with Gasteiger partial charge in [-0.05, 0) is 134 Å². The Balaban J connectivity index is 0.000000202. The first-order valence-corrected chi connectivity index (χ1v) is 18.8. The van der Waals surface area contributed by atoms with E-state index in [2.05, 4.69) is 55.5 Å². The van der Waals surface area contributed by atoms with Gasteiger partial charge in [0.2, 0.25) is 0 Å². The van der Waals surface area contributed by atoms with Crippen molar-refractivity contribution in [1.29, 1.82) is 0 Å². The Morgan fingerprint density at radius 2 is 1.28 bits per heavy atom. The molecule has 10 nitrogen and oxygen atoms in total. The van der Waals surface area contributed by atoms with E-state index in [0.717, 1.165) is 65.8 Å². The summed E-state index contributed by atoms with van der Waals surface area (Å²) in [6, 6.07) is 16.2. The molecule has 0 spiro atoms. The monoisotopic (exact) mass is 716 g/mol. The lowest BCUT2D eigenvalue weighted by Crippen LogP contribution is -2.59. The molecule has 4 heterocycles. The first-order valence-electron chi connectivity index (χ1n) is 18.8. The number of aldehydes is 1. The highest BCUT2D eigenvalue weighted by Gasteiger charge is 2.38. The van der Waals surface area contributed by atoms with Crippen LogP contribution in [-0.4, -0.2) is 86.6 Å². The summed E-state index contributed by atoms with van der Waals surface area (Å²) >= 11 is 0. The van der Waals surface area contributed by atoms with Gasteiger partial charge < -0.3 is 20.8 Å². The van der Waals surface area contributed by atoms with Crippen LogP contribution in [0.3, 0.4) is 0 Å². The molecule has 2 aliphatic heterocycles. The van der Waals surface area contributed by atoms with E-state index in [1.807, 2.05) is 70.5 Å². The number of nitrogens with zero attached hydrogens (tertiary/aromatic N) is 4. The van der Waals surface area contributed by atoms with Gasteiger partial charge in [0.1, 0.15) is 11.4 Å². The van der Waals surface area contributed by atoms with Crippen molar-refractivity contribution in [2.24, 2.45) is 0 Å². The molecule has 0 bridgehead atoms. The van der Waals surface area contributed by atoms with E-state index in [9.17, 15) is 19.8 Å². The van der Waals surface area contributed by atoms with E-state index < -0.39 is 11.2 Å². The maximum absolute atomic E-state index is 13.2. The van der Waals surface area contributed by atoms with Crippen LogP contribution in [0.25, 0.3) is 11.1 Å². The van der Waals surface area contributed by atoms with Crippen molar-refractivity contribution in [1.82, 2.24) is 19.8 Å². The third kappa shape index (κ3) is 8.52. The van der Waals surface area contributed by atoms with Crippen molar-refractivity contribution in [3.8, 4) is 11.1 Å². The van der Waals surface area contributed by atoms with Gasteiger partial charge >= 0.3 is 0 Å². The molecule has 53 heavy (non-hydrogen) atoms. The highest BCUT2D eigenvalue weighted by atomic mass is 16.3. The van der Waals surface area contributed by atoms with Crippen molar-refractivity contribution >= 4 is 23.6 Å². The number of aliphatic hydroxyl groups is 2. The maximum atomic E-state index is 13.2. The number of carbonyl (C=O) groups excluding carboxylic acids is 2. The Bertz CT molecular complexity index is 2000. The van der Waals surface area contributed by atoms with Gasteiger partial charge in [-0.3, -0.25) is 29.4 Å². The average Bonchev–Trinajstić information content (AvgIpc) is 4.03. The Kier molecular flexibility index (Phi) is 10.3. The summed E-state index contributed by atoms with van der Waals surface area (Å²) in [5.41, 5.74) is 11.1. The molecule has 4 aliphatic rings. The van der Waals surface area contributed by atoms with Crippen LogP contribution >= 0.6 is 0 Å². The quantitative estimate of drug-likeness (QED) is 0.130. The first kappa shape index (κ1) is 36.9. The van der Waals surface area contributed by atoms with Crippen LogP contribution in [0, 0.1) is 13.8 Å². The van der Waals surface area contributed by atoms with E-state index in [1.54, 1.807) is 0 Å². The summed E-state index contributed by atoms with van der Waals surface area (Å²) < 4.78 is 0. The number of pyridine rings is 2. The summed E-state index contributed by atoms with van der Waals surface area (Å²) in [5.74, 6) is 0.934. The van der Waals surface area contributed by atoms with Crippen molar-refractivity contribution in [3.05, 3.63) is 106 Å². The predicted octanol–water partition coefficient (Wildman–Crippen LogP) is 6.44. The lowest BCUT2D eigenvalue weighted by atomic mass is 9.94. The predicted molar refractivity (Wildman–Crippen MR) is 208 cm³/mol. The van der Waals surface area contributed by atoms with E-state index in [-0.39, 0.29) is 5.91 Å². The number of aromatic nitrogens is 2. The van der Waals surface area contributed by atoms with Crippen molar-refractivity contribution in [2.75, 3.05) is 43.9 Å². The molecule has 2 aromatic carbocycles. The minimum absolute atomic E-state index is 0.189. The largest absolute Gasteiger partial charge is 0.388 e. The number of hydrogen-bond acceptors (Lipinski definition) is 9. The zero-order valence-electron chi connectivity index (χ0n) is 31.6. The summed E-state index contributed by atoms with van der Waals surface area (Å²) in [4.78, 5) is 37.1. The third-order valence-electron chi connectivity index (χ3n) is 11.0. The molecular formula is C43H52N6O4. The molecule has 0 unspecified atom stereocenters. The molecule has 4 aromatic rings. The van der Waals surface area contributed by atoms with Crippen LogP contribution in [0.15, 0.2) is 60.9 Å². The smallest absolute Gasteiger partial charge is 0.274 e. The average molecular weight is 717 g/mol. The minimum Gasteiger partial charge on any atom is -0.388 e. The number of likely N-dealkylation sites (tertiary alicyclic amines) is 2. The van der Waals surface area contributed by atoms with Crippen LogP contribution in [0.1, 0.15) is 106 Å². The standard InChI is InChI=1S/C29H34N4O2.C14H18N2O2/c1-18-22(7-5-9-25(18)30-4)23-8-6-10-26(19(23)2)32-28(34)27-13-24(20-11-12-20)21(14-31-27)15-33-16-29(3,35)17-33;1-14(18)8-16(9-14)6-11-5-15-12(7-17)4-13(11)10-2-3-10/h5-10,13-14,20,30,35H,11-12,15-17H2,1-4H3,(H,32,34);4-5,7,10,18H,2-3,6,8-9H2,1H3. The molecule has 278 valence electrons. The van der Waals surface area contributed by atoms with Gasteiger partial charge in [-0.15, -0.1) is 0 Å². The Morgan fingerprint density at radius 3 is 1.77 bits per heavy atom. The van der Waals surface area contributed by atoms with E-state index in [1.165, 1.54) is 35.1 Å². The van der Waals surface area contributed by atoms with Gasteiger partial charge in [0.25, 0.3) is 5.91 Å². The molecule has 2 aliphatic carbocycles. The van der Waals surface area contributed by atoms with Crippen LogP contribution in [0.5, 0.6) is 0 Å². The van der Waals surface area contributed by atoms with Gasteiger partial charge in [0.15, 0.2) is 6.29 Å². The Morgan fingerprint density at radius 1 is 0.792 bits per heavy atom. The Labute approximate surface area is 312 Å². The zero-order valence-corrected chi connectivity index (χ0v) is 31.6. The lowest BCUT2D eigenvalue weighted by molar-refractivity contribution is -0.0876. The summed E-state index contributed by atoms with van der Waals surface area (Å²) in [6.07, 6.45) is 9.23. The fourth-order valence-corrected chi connectivity index (χ4v) is 8.00. The molecule has 2 saturated heterocycles. The van der Waals surface area contributed by atoms with Gasteiger partial charge in [-0.2, -0.15) is 0 Å². The van der Waals surface area contributed by atoms with Crippen molar-refractivity contribution in [3.63, 3.8) is 0 Å². The second kappa shape index (κ2) is 14.7. The van der Waals surface area contributed by atoms with Crippen LogP contribution < -0.4 is 10.6 Å².